The summed E-state index contributed by atoms with van der Waals surface area (Å²) in [6.45, 7) is 5.52. The van der Waals surface area contributed by atoms with Crippen molar-refractivity contribution >= 4 is 11.9 Å². The number of amides is 2. The molecule has 0 aromatic rings. The van der Waals surface area contributed by atoms with Gasteiger partial charge in [0.05, 0.1) is 6.61 Å². The van der Waals surface area contributed by atoms with Gasteiger partial charge in [0, 0.05) is 13.7 Å². The van der Waals surface area contributed by atoms with E-state index in [1.807, 2.05) is 0 Å². The average molecular weight is 239 g/mol. The molecule has 2 rings (SSSR count). The van der Waals surface area contributed by atoms with E-state index >= 15 is 0 Å². The van der Waals surface area contributed by atoms with Gasteiger partial charge in [0.2, 0.25) is 0 Å². The van der Waals surface area contributed by atoms with E-state index < -0.39 is 0 Å². The number of amidine groups is 1. The Labute approximate surface area is 102 Å². The predicted molar refractivity (Wildman–Crippen MR) is 65.9 cm³/mol. The molecule has 1 aliphatic carbocycles. The molecule has 2 amide bonds. The van der Waals surface area contributed by atoms with Crippen LogP contribution in [0.3, 0.4) is 0 Å². The Bertz CT molecular complexity index is 346. The smallest absolute Gasteiger partial charge is 0.346 e. The SMILES string of the molecule is COCCN1C(=O)N=C(N)C12CC(C(C)C)C2. The highest BCUT2D eigenvalue weighted by Crippen LogP contribution is 2.48. The number of carbonyl (C=O) groups excluding carboxylic acids is 1. The lowest BCUT2D eigenvalue weighted by molar-refractivity contribution is 0.0315. The van der Waals surface area contributed by atoms with E-state index in [1.165, 1.54) is 0 Å². The molecule has 2 aliphatic rings. The molecule has 0 aromatic carbocycles. The number of ether oxygens (including phenoxy) is 1. The zero-order valence-corrected chi connectivity index (χ0v) is 10.8. The summed E-state index contributed by atoms with van der Waals surface area (Å²) in [5.41, 5.74) is 5.64. The summed E-state index contributed by atoms with van der Waals surface area (Å²) < 4.78 is 5.04. The van der Waals surface area contributed by atoms with Crippen molar-refractivity contribution in [2.75, 3.05) is 20.3 Å². The quantitative estimate of drug-likeness (QED) is 0.802. The molecular formula is C12H21N3O2. The largest absolute Gasteiger partial charge is 0.385 e. The number of urea groups is 1. The first-order valence-electron chi connectivity index (χ1n) is 6.16. The third-order valence-corrected chi connectivity index (χ3v) is 4.10. The Morgan fingerprint density at radius 3 is 2.76 bits per heavy atom. The summed E-state index contributed by atoms with van der Waals surface area (Å²) in [6.07, 6.45) is 1.88. The van der Waals surface area contributed by atoms with Gasteiger partial charge in [0.25, 0.3) is 0 Å². The van der Waals surface area contributed by atoms with Crippen molar-refractivity contribution in [2.45, 2.75) is 32.2 Å². The Kier molecular flexibility index (Phi) is 3.12. The summed E-state index contributed by atoms with van der Waals surface area (Å²) >= 11 is 0. The molecule has 96 valence electrons. The van der Waals surface area contributed by atoms with Gasteiger partial charge < -0.3 is 15.4 Å². The van der Waals surface area contributed by atoms with Gasteiger partial charge >= 0.3 is 6.03 Å². The fraction of sp³-hybridized carbons (Fsp3) is 0.833. The van der Waals surface area contributed by atoms with E-state index in [0.29, 0.717) is 30.8 Å². The molecule has 0 bridgehead atoms. The maximum absolute atomic E-state index is 11.8. The molecule has 2 N–H and O–H groups in total. The first kappa shape index (κ1) is 12.4. The summed E-state index contributed by atoms with van der Waals surface area (Å²) in [7, 11) is 1.63. The summed E-state index contributed by atoms with van der Waals surface area (Å²) in [4.78, 5) is 17.5. The fourth-order valence-corrected chi connectivity index (χ4v) is 2.79. The minimum atomic E-state index is -0.301. The zero-order chi connectivity index (χ0) is 12.6. The van der Waals surface area contributed by atoms with Gasteiger partial charge in [-0.3, -0.25) is 0 Å². The van der Waals surface area contributed by atoms with Crippen molar-refractivity contribution < 1.29 is 9.53 Å². The lowest BCUT2D eigenvalue weighted by Gasteiger charge is -2.51. The van der Waals surface area contributed by atoms with Gasteiger partial charge in [0.1, 0.15) is 11.4 Å². The second-order valence-corrected chi connectivity index (χ2v) is 5.37. The highest BCUT2D eigenvalue weighted by atomic mass is 16.5. The minimum Gasteiger partial charge on any atom is -0.385 e. The van der Waals surface area contributed by atoms with Crippen LogP contribution in [0, 0.1) is 11.8 Å². The normalized spacial score (nSPS) is 32.2. The van der Waals surface area contributed by atoms with Gasteiger partial charge in [-0.05, 0) is 24.7 Å². The van der Waals surface area contributed by atoms with Gasteiger partial charge in [-0.25, -0.2) is 4.79 Å². The van der Waals surface area contributed by atoms with Crippen molar-refractivity contribution in [3.8, 4) is 0 Å². The van der Waals surface area contributed by atoms with Gasteiger partial charge in [-0.1, -0.05) is 13.8 Å². The second kappa shape index (κ2) is 4.29. The summed E-state index contributed by atoms with van der Waals surface area (Å²) in [5, 5.41) is 0. The standard InChI is InChI=1S/C12H21N3O2/c1-8(2)9-6-12(7-9)10(13)14-11(16)15(12)4-5-17-3/h8-9H,4-7H2,1-3H3,(H2,13,14,16). The number of aliphatic imine (C=N–C) groups is 1. The highest BCUT2D eigenvalue weighted by Gasteiger charge is 2.56. The molecule has 1 aliphatic heterocycles. The first-order valence-corrected chi connectivity index (χ1v) is 6.16. The number of methoxy groups -OCH3 is 1. The van der Waals surface area contributed by atoms with E-state index in [4.69, 9.17) is 10.5 Å². The van der Waals surface area contributed by atoms with Crippen LogP contribution >= 0.6 is 0 Å². The zero-order valence-electron chi connectivity index (χ0n) is 10.8. The van der Waals surface area contributed by atoms with Crippen LogP contribution in [-0.4, -0.2) is 42.6 Å². The molecule has 1 fully saturated rings. The predicted octanol–water partition coefficient (Wildman–Crippen LogP) is 1.23. The summed E-state index contributed by atoms with van der Waals surface area (Å²) in [5.74, 6) is 1.77. The number of carbonyl (C=O) groups is 1. The van der Waals surface area contributed by atoms with Gasteiger partial charge in [0.15, 0.2) is 0 Å². The van der Waals surface area contributed by atoms with Crippen LogP contribution < -0.4 is 5.73 Å². The van der Waals surface area contributed by atoms with E-state index in [0.717, 1.165) is 12.8 Å². The number of hydrogen-bond acceptors (Lipinski definition) is 3. The minimum absolute atomic E-state index is 0.207. The molecule has 17 heavy (non-hydrogen) atoms. The highest BCUT2D eigenvalue weighted by molar-refractivity contribution is 6.06. The molecule has 1 saturated carbocycles. The van der Waals surface area contributed by atoms with Crippen molar-refractivity contribution in [3.05, 3.63) is 0 Å². The maximum Gasteiger partial charge on any atom is 0.346 e. The molecule has 1 heterocycles. The van der Waals surface area contributed by atoms with E-state index in [-0.39, 0.29) is 11.6 Å². The van der Waals surface area contributed by atoms with Crippen molar-refractivity contribution in [3.63, 3.8) is 0 Å². The molecular weight excluding hydrogens is 218 g/mol. The molecule has 0 atom stereocenters. The number of nitrogens with two attached hydrogens (primary N) is 1. The first-order chi connectivity index (χ1) is 8.01. The van der Waals surface area contributed by atoms with Crippen LogP contribution in [0.4, 0.5) is 4.79 Å². The van der Waals surface area contributed by atoms with Crippen LogP contribution in [0.25, 0.3) is 0 Å². The number of hydrogen-bond donors (Lipinski definition) is 1. The monoisotopic (exact) mass is 239 g/mol. The van der Waals surface area contributed by atoms with Crippen LogP contribution in [0.1, 0.15) is 26.7 Å². The van der Waals surface area contributed by atoms with Crippen LogP contribution in [0.15, 0.2) is 4.99 Å². The Hall–Kier alpha value is -1.10. The van der Waals surface area contributed by atoms with Crippen LogP contribution in [-0.2, 0) is 4.74 Å². The number of nitrogens with zero attached hydrogens (tertiary/aromatic N) is 2. The van der Waals surface area contributed by atoms with E-state index in [2.05, 4.69) is 18.8 Å². The molecule has 0 radical (unpaired) electrons. The van der Waals surface area contributed by atoms with Gasteiger partial charge in [-0.2, -0.15) is 4.99 Å². The van der Waals surface area contributed by atoms with E-state index in [9.17, 15) is 4.79 Å². The molecule has 5 heteroatoms. The third-order valence-electron chi connectivity index (χ3n) is 4.10. The Balaban J connectivity index is 2.09. The van der Waals surface area contributed by atoms with Crippen molar-refractivity contribution in [1.29, 1.82) is 0 Å². The molecule has 0 unspecified atom stereocenters. The average Bonchev–Trinajstić information content (AvgIpc) is 2.43. The third kappa shape index (κ3) is 1.82. The summed E-state index contributed by atoms with van der Waals surface area (Å²) in [6, 6.07) is -0.207. The molecule has 0 aromatic heterocycles. The van der Waals surface area contributed by atoms with Gasteiger partial charge in [-0.15, -0.1) is 0 Å². The Morgan fingerprint density at radius 1 is 1.59 bits per heavy atom. The lowest BCUT2D eigenvalue weighted by Crippen LogP contribution is -2.63. The second-order valence-electron chi connectivity index (χ2n) is 5.37. The van der Waals surface area contributed by atoms with Crippen molar-refractivity contribution in [1.82, 2.24) is 4.90 Å². The van der Waals surface area contributed by atoms with Crippen LogP contribution in [0.2, 0.25) is 0 Å². The molecule has 1 spiro atoms. The lowest BCUT2D eigenvalue weighted by atomic mass is 9.63. The maximum atomic E-state index is 11.8. The molecule has 0 saturated heterocycles. The van der Waals surface area contributed by atoms with Crippen molar-refractivity contribution in [2.24, 2.45) is 22.6 Å². The fourth-order valence-electron chi connectivity index (χ4n) is 2.79. The molecule has 5 nitrogen and oxygen atoms in total. The number of rotatable bonds is 4. The Morgan fingerprint density at radius 2 is 2.24 bits per heavy atom. The van der Waals surface area contributed by atoms with E-state index in [1.54, 1.807) is 12.0 Å². The van der Waals surface area contributed by atoms with Crippen LogP contribution in [0.5, 0.6) is 0 Å². The topological polar surface area (TPSA) is 67.9 Å².